The van der Waals surface area contributed by atoms with Gasteiger partial charge < -0.3 is 4.42 Å². The molecule has 5 heteroatoms. The summed E-state index contributed by atoms with van der Waals surface area (Å²) in [5.74, 6) is 0.611. The topological polar surface area (TPSA) is 65.1 Å². The van der Waals surface area contributed by atoms with E-state index < -0.39 is 5.63 Å². The molecule has 2 aromatic carbocycles. The van der Waals surface area contributed by atoms with Gasteiger partial charge in [0.25, 0.3) is 5.56 Å². The number of aryl methyl sites for hydroxylation is 2. The minimum atomic E-state index is -0.416. The van der Waals surface area contributed by atoms with Gasteiger partial charge in [0.15, 0.2) is 0 Å². The molecule has 130 valence electrons. The van der Waals surface area contributed by atoms with E-state index in [1.165, 1.54) is 6.07 Å². The summed E-state index contributed by atoms with van der Waals surface area (Å²) in [6, 6.07) is 14.6. The Labute approximate surface area is 149 Å². The van der Waals surface area contributed by atoms with E-state index in [0.717, 1.165) is 22.9 Å². The van der Waals surface area contributed by atoms with Gasteiger partial charge in [-0.3, -0.25) is 9.36 Å². The Morgan fingerprint density at radius 3 is 2.65 bits per heavy atom. The molecule has 0 saturated carbocycles. The fourth-order valence-corrected chi connectivity index (χ4v) is 3.26. The molecule has 0 fully saturated rings. The van der Waals surface area contributed by atoms with Crippen LogP contribution in [0.4, 0.5) is 0 Å². The fourth-order valence-electron chi connectivity index (χ4n) is 3.26. The molecule has 26 heavy (non-hydrogen) atoms. The highest BCUT2D eigenvalue weighted by atomic mass is 16.4. The normalized spacial score (nSPS) is 11.3. The van der Waals surface area contributed by atoms with Crippen LogP contribution in [0.2, 0.25) is 0 Å². The highest BCUT2D eigenvalue weighted by Crippen LogP contribution is 2.20. The average molecular weight is 346 g/mol. The summed E-state index contributed by atoms with van der Waals surface area (Å²) in [6.07, 6.45) is 0.858. The largest absolute Gasteiger partial charge is 0.423 e. The molecule has 0 spiro atoms. The Morgan fingerprint density at radius 1 is 1.04 bits per heavy atom. The van der Waals surface area contributed by atoms with Crippen molar-refractivity contribution in [3.63, 3.8) is 0 Å². The number of benzene rings is 2. The van der Waals surface area contributed by atoms with Crippen molar-refractivity contribution in [1.82, 2.24) is 9.55 Å². The predicted molar refractivity (Wildman–Crippen MR) is 102 cm³/mol. The van der Waals surface area contributed by atoms with Crippen LogP contribution in [0.3, 0.4) is 0 Å². The lowest BCUT2D eigenvalue weighted by Crippen LogP contribution is -2.25. The van der Waals surface area contributed by atoms with Gasteiger partial charge in [0.05, 0.1) is 17.4 Å². The monoisotopic (exact) mass is 346 g/mol. The second-order valence-corrected chi connectivity index (χ2v) is 6.34. The molecule has 0 unspecified atom stereocenters. The van der Waals surface area contributed by atoms with Gasteiger partial charge in [-0.2, -0.15) is 0 Å². The minimum absolute atomic E-state index is 0.111. The summed E-state index contributed by atoms with van der Waals surface area (Å²) in [6.45, 7) is 4.12. The number of hydrogen-bond donors (Lipinski definition) is 0. The molecular weight excluding hydrogens is 328 g/mol. The number of para-hydroxylation sites is 1. The molecule has 4 aromatic rings. The average Bonchev–Trinajstić information content (AvgIpc) is 2.64. The Balaban J connectivity index is 1.92. The molecule has 0 bridgehead atoms. The van der Waals surface area contributed by atoms with Crippen molar-refractivity contribution >= 4 is 21.9 Å². The minimum Gasteiger partial charge on any atom is -0.423 e. The molecular formula is C21H18N2O3. The number of nitrogens with zero attached hydrogens (tertiary/aromatic N) is 2. The van der Waals surface area contributed by atoms with Crippen LogP contribution in [0.5, 0.6) is 0 Å². The van der Waals surface area contributed by atoms with Gasteiger partial charge >= 0.3 is 5.63 Å². The summed E-state index contributed by atoms with van der Waals surface area (Å²) in [5, 5.41) is 1.40. The van der Waals surface area contributed by atoms with E-state index in [1.807, 2.05) is 43.3 Å². The molecule has 0 radical (unpaired) electrons. The van der Waals surface area contributed by atoms with Crippen molar-refractivity contribution in [2.75, 3.05) is 0 Å². The van der Waals surface area contributed by atoms with Crippen LogP contribution in [-0.4, -0.2) is 9.55 Å². The van der Waals surface area contributed by atoms with Gasteiger partial charge in [-0.05, 0) is 42.7 Å². The maximum atomic E-state index is 12.9. The zero-order valence-corrected chi connectivity index (χ0v) is 14.7. The Hall–Kier alpha value is -3.21. The molecule has 4 rings (SSSR count). The number of rotatable bonds is 3. The predicted octanol–water partition coefficient (Wildman–Crippen LogP) is 3.42. The van der Waals surface area contributed by atoms with Crippen molar-refractivity contribution in [3.8, 4) is 0 Å². The zero-order chi connectivity index (χ0) is 18.3. The van der Waals surface area contributed by atoms with Gasteiger partial charge in [-0.25, -0.2) is 9.78 Å². The quantitative estimate of drug-likeness (QED) is 0.533. The molecule has 0 aliphatic rings. The van der Waals surface area contributed by atoms with Crippen molar-refractivity contribution in [1.29, 1.82) is 0 Å². The molecule has 0 N–H and O–H groups in total. The first-order chi connectivity index (χ1) is 12.6. The van der Waals surface area contributed by atoms with Crippen LogP contribution in [-0.2, 0) is 13.0 Å². The van der Waals surface area contributed by atoms with Crippen molar-refractivity contribution < 1.29 is 4.42 Å². The van der Waals surface area contributed by atoms with Crippen molar-refractivity contribution in [3.05, 3.63) is 86.3 Å². The van der Waals surface area contributed by atoms with Crippen LogP contribution in [0.15, 0.2) is 62.5 Å². The number of fused-ring (bicyclic) bond motifs is 2. The third-order valence-electron chi connectivity index (χ3n) is 4.68. The molecule has 0 aliphatic heterocycles. The molecule has 5 nitrogen and oxygen atoms in total. The van der Waals surface area contributed by atoms with E-state index >= 15 is 0 Å². The van der Waals surface area contributed by atoms with Gasteiger partial charge in [-0.1, -0.05) is 31.2 Å². The van der Waals surface area contributed by atoms with Crippen molar-refractivity contribution in [2.45, 2.75) is 26.8 Å². The van der Waals surface area contributed by atoms with E-state index in [2.05, 4.69) is 4.98 Å². The Kier molecular flexibility index (Phi) is 3.92. The van der Waals surface area contributed by atoms with E-state index in [4.69, 9.17) is 4.42 Å². The third-order valence-corrected chi connectivity index (χ3v) is 4.68. The Morgan fingerprint density at radius 2 is 1.85 bits per heavy atom. The van der Waals surface area contributed by atoms with Crippen LogP contribution >= 0.6 is 0 Å². The smallest absolute Gasteiger partial charge is 0.336 e. The highest BCUT2D eigenvalue weighted by molar-refractivity contribution is 5.81. The molecule has 0 amide bonds. The summed E-state index contributed by atoms with van der Waals surface area (Å²) < 4.78 is 6.96. The maximum absolute atomic E-state index is 12.9. The van der Waals surface area contributed by atoms with Gasteiger partial charge in [0.1, 0.15) is 11.4 Å². The molecule has 2 aromatic heterocycles. The molecule has 0 aliphatic carbocycles. The highest BCUT2D eigenvalue weighted by Gasteiger charge is 2.12. The van der Waals surface area contributed by atoms with E-state index in [0.29, 0.717) is 22.3 Å². The number of hydrogen-bond acceptors (Lipinski definition) is 4. The van der Waals surface area contributed by atoms with E-state index in [1.54, 1.807) is 17.6 Å². The van der Waals surface area contributed by atoms with Gasteiger partial charge in [-0.15, -0.1) is 0 Å². The van der Waals surface area contributed by atoms with Crippen LogP contribution in [0, 0.1) is 6.92 Å². The lowest BCUT2D eigenvalue weighted by atomic mass is 10.1. The van der Waals surface area contributed by atoms with Gasteiger partial charge in [0, 0.05) is 11.5 Å². The third kappa shape index (κ3) is 2.71. The Bertz CT molecular complexity index is 1250. The SMILES string of the molecule is CCc1ccc2c(Cn3c(C)nc4ccccc4c3=O)cc(=O)oc2c1. The second-order valence-electron chi connectivity index (χ2n) is 6.34. The number of aromatic nitrogens is 2. The zero-order valence-electron chi connectivity index (χ0n) is 14.7. The first kappa shape index (κ1) is 16.3. The molecule has 0 atom stereocenters. The van der Waals surface area contributed by atoms with Crippen LogP contribution < -0.4 is 11.2 Å². The molecule has 2 heterocycles. The van der Waals surface area contributed by atoms with Crippen molar-refractivity contribution in [2.24, 2.45) is 0 Å². The summed E-state index contributed by atoms with van der Waals surface area (Å²) >= 11 is 0. The lowest BCUT2D eigenvalue weighted by Gasteiger charge is -2.12. The fraction of sp³-hybridized carbons (Fsp3) is 0.190. The standard InChI is InChI=1S/C21H18N2O3/c1-3-14-8-9-16-15(11-20(24)26-19(16)10-14)12-23-13(2)22-18-7-5-4-6-17(18)21(23)25/h4-11H,3,12H2,1-2H3. The summed E-state index contributed by atoms with van der Waals surface area (Å²) in [7, 11) is 0. The van der Waals surface area contributed by atoms with E-state index in [-0.39, 0.29) is 12.1 Å². The van der Waals surface area contributed by atoms with Crippen LogP contribution in [0.1, 0.15) is 23.9 Å². The first-order valence-electron chi connectivity index (χ1n) is 8.58. The lowest BCUT2D eigenvalue weighted by molar-refractivity contribution is 0.556. The second kappa shape index (κ2) is 6.26. The van der Waals surface area contributed by atoms with Gasteiger partial charge in [0.2, 0.25) is 0 Å². The summed E-state index contributed by atoms with van der Waals surface area (Å²) in [4.78, 5) is 29.4. The summed E-state index contributed by atoms with van der Waals surface area (Å²) in [5.41, 5.74) is 2.54. The maximum Gasteiger partial charge on any atom is 0.336 e. The van der Waals surface area contributed by atoms with Crippen LogP contribution in [0.25, 0.3) is 21.9 Å². The van der Waals surface area contributed by atoms with E-state index in [9.17, 15) is 9.59 Å². The first-order valence-corrected chi connectivity index (χ1v) is 8.58. The molecule has 0 saturated heterocycles.